The molecule has 3 N–H and O–H groups in total. The molecule has 0 amide bonds. The molecule has 0 spiro atoms. The molecular weight excluding hydrogens is 144 g/mol. The van der Waals surface area contributed by atoms with E-state index in [1.54, 1.807) is 0 Å². The van der Waals surface area contributed by atoms with Crippen LogP contribution in [-0.2, 0) is 6.54 Å². The van der Waals surface area contributed by atoms with Crippen molar-refractivity contribution >= 4 is 12.2 Å². The van der Waals surface area contributed by atoms with E-state index in [0.29, 0.717) is 6.54 Å². The summed E-state index contributed by atoms with van der Waals surface area (Å²) in [5.74, 6) is 0. The molecule has 54 valence electrons. The van der Waals surface area contributed by atoms with Crippen LogP contribution in [0, 0.1) is 11.6 Å². The van der Waals surface area contributed by atoms with Crippen LogP contribution in [0.1, 0.15) is 11.1 Å². The maximum atomic E-state index is 5.41. The Morgan fingerprint density at radius 2 is 2.40 bits per heavy atom. The van der Waals surface area contributed by atoms with Crippen molar-refractivity contribution in [1.29, 1.82) is 0 Å². The summed E-state index contributed by atoms with van der Waals surface area (Å²) < 4.78 is 0.789. The van der Waals surface area contributed by atoms with Crippen molar-refractivity contribution in [2.75, 3.05) is 0 Å². The smallest absolute Gasteiger partial charge is 0.106 e. The van der Waals surface area contributed by atoms with Gasteiger partial charge in [0.2, 0.25) is 0 Å². The van der Waals surface area contributed by atoms with Gasteiger partial charge in [-0.05, 0) is 18.1 Å². The van der Waals surface area contributed by atoms with Gasteiger partial charge in [-0.1, -0.05) is 18.3 Å². The lowest BCUT2D eigenvalue weighted by molar-refractivity contribution is 1.03. The molecule has 0 aliphatic carbocycles. The Hall–Kier alpha value is -0.670. The highest BCUT2D eigenvalue weighted by Gasteiger charge is 1.90. The Kier molecular flexibility index (Phi) is 2.19. The molecule has 0 aromatic carbocycles. The highest BCUT2D eigenvalue weighted by Crippen LogP contribution is 2.01. The SMILES string of the molecule is Cc1cc(CN)c[nH]c1=S. The normalized spacial score (nSPS) is 9.80. The van der Waals surface area contributed by atoms with Crippen LogP contribution in [0.5, 0.6) is 0 Å². The number of hydrogen-bond donors (Lipinski definition) is 2. The number of aromatic nitrogens is 1. The van der Waals surface area contributed by atoms with Crippen LogP contribution in [-0.4, -0.2) is 4.98 Å². The van der Waals surface area contributed by atoms with Crippen LogP contribution in [0.15, 0.2) is 12.3 Å². The number of rotatable bonds is 1. The van der Waals surface area contributed by atoms with Crippen molar-refractivity contribution in [1.82, 2.24) is 4.98 Å². The summed E-state index contributed by atoms with van der Waals surface area (Å²) in [5, 5.41) is 0. The maximum Gasteiger partial charge on any atom is 0.106 e. The second-order valence-electron chi connectivity index (χ2n) is 2.22. The predicted molar refractivity (Wildman–Crippen MR) is 44.3 cm³/mol. The van der Waals surface area contributed by atoms with E-state index in [4.69, 9.17) is 18.0 Å². The van der Waals surface area contributed by atoms with Gasteiger partial charge in [0.05, 0.1) is 0 Å². The van der Waals surface area contributed by atoms with E-state index in [0.717, 1.165) is 15.8 Å². The first kappa shape index (κ1) is 7.44. The monoisotopic (exact) mass is 154 g/mol. The summed E-state index contributed by atoms with van der Waals surface area (Å²) >= 11 is 4.96. The molecule has 0 aliphatic heterocycles. The first-order valence-corrected chi connectivity index (χ1v) is 3.53. The van der Waals surface area contributed by atoms with Gasteiger partial charge in [-0.2, -0.15) is 0 Å². The minimum Gasteiger partial charge on any atom is -0.352 e. The molecule has 3 heteroatoms. The van der Waals surface area contributed by atoms with Gasteiger partial charge >= 0.3 is 0 Å². The van der Waals surface area contributed by atoms with Gasteiger partial charge in [-0.3, -0.25) is 0 Å². The number of aryl methyl sites for hydroxylation is 1. The molecular formula is C7H10N2S. The van der Waals surface area contributed by atoms with E-state index in [-0.39, 0.29) is 0 Å². The molecule has 1 aromatic heterocycles. The van der Waals surface area contributed by atoms with Gasteiger partial charge in [0, 0.05) is 12.7 Å². The number of aromatic amines is 1. The third-order valence-corrected chi connectivity index (χ3v) is 1.82. The third kappa shape index (κ3) is 1.43. The second kappa shape index (κ2) is 2.94. The van der Waals surface area contributed by atoms with Crippen molar-refractivity contribution in [3.05, 3.63) is 28.0 Å². The summed E-state index contributed by atoms with van der Waals surface area (Å²) in [6.45, 7) is 2.53. The lowest BCUT2D eigenvalue weighted by Gasteiger charge is -1.97. The standard InChI is InChI=1S/C7H10N2S/c1-5-2-6(3-8)4-9-7(5)10/h2,4H,3,8H2,1H3,(H,9,10). The van der Waals surface area contributed by atoms with Crippen molar-refractivity contribution in [3.63, 3.8) is 0 Å². The number of pyridine rings is 1. The van der Waals surface area contributed by atoms with Gasteiger partial charge in [0.1, 0.15) is 4.64 Å². The molecule has 1 rings (SSSR count). The van der Waals surface area contributed by atoms with E-state index in [9.17, 15) is 0 Å². The zero-order valence-corrected chi connectivity index (χ0v) is 6.66. The molecule has 0 radical (unpaired) electrons. The van der Waals surface area contributed by atoms with Gasteiger partial charge in [-0.15, -0.1) is 0 Å². The zero-order chi connectivity index (χ0) is 7.56. The first-order valence-electron chi connectivity index (χ1n) is 3.12. The molecule has 0 aliphatic rings. The van der Waals surface area contributed by atoms with Gasteiger partial charge < -0.3 is 10.7 Å². The minimum absolute atomic E-state index is 0.562. The van der Waals surface area contributed by atoms with E-state index < -0.39 is 0 Å². The molecule has 0 saturated heterocycles. The van der Waals surface area contributed by atoms with Crippen LogP contribution in [0.2, 0.25) is 0 Å². The summed E-state index contributed by atoms with van der Waals surface area (Å²) in [5.41, 5.74) is 7.59. The topological polar surface area (TPSA) is 41.8 Å². The number of nitrogens with one attached hydrogen (secondary N) is 1. The largest absolute Gasteiger partial charge is 0.352 e. The fourth-order valence-corrected chi connectivity index (χ4v) is 0.893. The molecule has 0 bridgehead atoms. The Balaban J connectivity index is 3.17. The third-order valence-electron chi connectivity index (χ3n) is 1.38. The number of nitrogens with two attached hydrogens (primary N) is 1. The molecule has 10 heavy (non-hydrogen) atoms. The van der Waals surface area contributed by atoms with E-state index in [1.807, 2.05) is 19.2 Å². The molecule has 0 fully saturated rings. The second-order valence-corrected chi connectivity index (χ2v) is 2.63. The van der Waals surface area contributed by atoms with Gasteiger partial charge in [0.15, 0.2) is 0 Å². The van der Waals surface area contributed by atoms with Gasteiger partial charge in [0.25, 0.3) is 0 Å². The van der Waals surface area contributed by atoms with Crippen LogP contribution in [0.25, 0.3) is 0 Å². The fourth-order valence-electron chi connectivity index (χ4n) is 0.775. The van der Waals surface area contributed by atoms with E-state index in [2.05, 4.69) is 4.98 Å². The molecule has 1 heterocycles. The van der Waals surface area contributed by atoms with Crippen LogP contribution in [0.3, 0.4) is 0 Å². The summed E-state index contributed by atoms with van der Waals surface area (Å²) in [4.78, 5) is 2.95. The van der Waals surface area contributed by atoms with Crippen LogP contribution >= 0.6 is 12.2 Å². The lowest BCUT2D eigenvalue weighted by Crippen LogP contribution is -1.97. The zero-order valence-electron chi connectivity index (χ0n) is 5.85. The summed E-state index contributed by atoms with van der Waals surface area (Å²) in [6.07, 6.45) is 1.84. The highest BCUT2D eigenvalue weighted by atomic mass is 32.1. The van der Waals surface area contributed by atoms with E-state index >= 15 is 0 Å². The first-order chi connectivity index (χ1) is 4.74. The van der Waals surface area contributed by atoms with Crippen molar-refractivity contribution in [2.24, 2.45) is 5.73 Å². The molecule has 0 unspecified atom stereocenters. The average molecular weight is 154 g/mol. The highest BCUT2D eigenvalue weighted by molar-refractivity contribution is 7.71. The molecule has 2 nitrogen and oxygen atoms in total. The number of hydrogen-bond acceptors (Lipinski definition) is 2. The average Bonchev–Trinajstić information content (AvgIpc) is 1.95. The quantitative estimate of drug-likeness (QED) is 0.602. The molecule has 0 saturated carbocycles. The number of H-pyrrole nitrogens is 1. The maximum absolute atomic E-state index is 5.41. The Labute approximate surface area is 65.1 Å². The van der Waals surface area contributed by atoms with Gasteiger partial charge in [-0.25, -0.2) is 0 Å². The van der Waals surface area contributed by atoms with Crippen molar-refractivity contribution in [2.45, 2.75) is 13.5 Å². The lowest BCUT2D eigenvalue weighted by atomic mass is 10.2. The predicted octanol–water partition coefficient (Wildman–Crippen LogP) is 1.51. The minimum atomic E-state index is 0.562. The van der Waals surface area contributed by atoms with E-state index in [1.165, 1.54) is 0 Å². The summed E-state index contributed by atoms with van der Waals surface area (Å²) in [7, 11) is 0. The Morgan fingerprint density at radius 1 is 1.70 bits per heavy atom. The van der Waals surface area contributed by atoms with Crippen molar-refractivity contribution in [3.8, 4) is 0 Å². The van der Waals surface area contributed by atoms with Crippen LogP contribution in [0.4, 0.5) is 0 Å². The molecule has 1 aromatic rings. The fraction of sp³-hybridized carbons (Fsp3) is 0.286. The van der Waals surface area contributed by atoms with Crippen molar-refractivity contribution < 1.29 is 0 Å². The Morgan fingerprint density at radius 3 is 2.90 bits per heavy atom. The summed E-state index contributed by atoms with van der Waals surface area (Å²) in [6, 6.07) is 2.00. The Bertz CT molecular complexity index is 277. The van der Waals surface area contributed by atoms with Crippen LogP contribution < -0.4 is 5.73 Å². The molecule has 0 atom stereocenters.